The Labute approximate surface area is 144 Å². The number of hydrogen-bond donors (Lipinski definition) is 0. The lowest BCUT2D eigenvalue weighted by molar-refractivity contribution is -0.169. The molecule has 0 aliphatic carbocycles. The first-order valence-corrected chi connectivity index (χ1v) is 9.22. The lowest BCUT2D eigenvalue weighted by Crippen LogP contribution is -2.43. The number of likely N-dealkylation sites (tertiary alicyclic amines) is 1. The van der Waals surface area contributed by atoms with Crippen LogP contribution >= 0.6 is 0 Å². The molecule has 0 saturated carbocycles. The molecular weight excluding hydrogens is 359 g/mol. The first-order valence-electron chi connectivity index (χ1n) is 7.71. The van der Waals surface area contributed by atoms with Crippen molar-refractivity contribution in [3.8, 4) is 0 Å². The molecule has 1 saturated heterocycles. The average molecular weight is 379 g/mol. The van der Waals surface area contributed by atoms with Crippen LogP contribution in [-0.2, 0) is 16.4 Å². The Hall–Kier alpha value is -1.68. The van der Waals surface area contributed by atoms with Crippen LogP contribution in [0, 0.1) is 5.92 Å². The molecule has 25 heavy (non-hydrogen) atoms. The summed E-state index contributed by atoms with van der Waals surface area (Å²) in [6, 6.07) is 4.72. The van der Waals surface area contributed by atoms with Gasteiger partial charge in [0.05, 0.1) is 5.92 Å². The third-order valence-electron chi connectivity index (χ3n) is 4.25. The van der Waals surface area contributed by atoms with E-state index < -0.39 is 46.4 Å². The topological polar surface area (TPSA) is 70.6 Å². The van der Waals surface area contributed by atoms with Crippen molar-refractivity contribution in [1.29, 1.82) is 0 Å². The van der Waals surface area contributed by atoms with Gasteiger partial charge in [-0.2, -0.15) is 13.2 Å². The first kappa shape index (κ1) is 19.6. The van der Waals surface area contributed by atoms with Gasteiger partial charge in [-0.25, -0.2) is 17.7 Å². The van der Waals surface area contributed by atoms with Gasteiger partial charge in [0.2, 0.25) is 10.0 Å². The molecule has 140 valence electrons. The van der Waals surface area contributed by atoms with Gasteiger partial charge >= 0.3 is 6.18 Å². The van der Waals surface area contributed by atoms with E-state index >= 15 is 0 Å². The average Bonchev–Trinajstić information content (AvgIpc) is 3.00. The molecule has 1 aliphatic rings. The van der Waals surface area contributed by atoms with E-state index in [9.17, 15) is 26.4 Å². The number of halogens is 3. The molecule has 0 bridgehead atoms. The van der Waals surface area contributed by atoms with E-state index in [0.29, 0.717) is 12.1 Å². The predicted molar refractivity (Wildman–Crippen MR) is 85.5 cm³/mol. The van der Waals surface area contributed by atoms with Gasteiger partial charge in [-0.1, -0.05) is 13.0 Å². The number of hydrogen-bond acceptors (Lipinski definition) is 4. The standard InChI is InChI=1S/C15H20F3N3O3S/c1-4-10-6-5-7-12(19-10)14(22)21-8-11(15(16,17)18)13(9-21)25(23,24)20(2)3/h5-7,11,13H,4,8-9H2,1-3H3/t11-,13-/m1/s1. The van der Waals surface area contributed by atoms with Gasteiger partial charge in [0, 0.05) is 32.9 Å². The summed E-state index contributed by atoms with van der Waals surface area (Å²) in [6.07, 6.45) is -4.15. The van der Waals surface area contributed by atoms with Crippen LogP contribution in [0.1, 0.15) is 23.1 Å². The van der Waals surface area contributed by atoms with E-state index in [-0.39, 0.29) is 5.69 Å². The summed E-state index contributed by atoms with van der Waals surface area (Å²) in [7, 11) is -1.81. The fourth-order valence-electron chi connectivity index (χ4n) is 2.78. The molecule has 1 aliphatic heterocycles. The molecule has 0 spiro atoms. The number of amides is 1. The summed E-state index contributed by atoms with van der Waals surface area (Å²) in [5.41, 5.74) is 0.651. The molecule has 2 rings (SSSR count). The normalized spacial score (nSPS) is 21.8. The first-order chi connectivity index (χ1) is 11.5. The van der Waals surface area contributed by atoms with Crippen LogP contribution in [0.2, 0.25) is 0 Å². The van der Waals surface area contributed by atoms with Gasteiger partial charge in [0.25, 0.3) is 5.91 Å². The molecule has 0 N–H and O–H groups in total. The Bertz CT molecular complexity index is 750. The maximum atomic E-state index is 13.3. The highest BCUT2D eigenvalue weighted by molar-refractivity contribution is 7.89. The summed E-state index contributed by atoms with van der Waals surface area (Å²) in [4.78, 5) is 17.6. The van der Waals surface area contributed by atoms with E-state index in [1.54, 1.807) is 12.1 Å². The van der Waals surface area contributed by atoms with Crippen LogP contribution in [0.4, 0.5) is 13.2 Å². The van der Waals surface area contributed by atoms with Crippen LogP contribution in [0.3, 0.4) is 0 Å². The number of aryl methyl sites for hydroxylation is 1. The molecule has 0 unspecified atom stereocenters. The highest BCUT2D eigenvalue weighted by Crippen LogP contribution is 2.38. The van der Waals surface area contributed by atoms with Crippen LogP contribution in [0.5, 0.6) is 0 Å². The summed E-state index contributed by atoms with van der Waals surface area (Å²) >= 11 is 0. The van der Waals surface area contributed by atoms with Crippen LogP contribution < -0.4 is 0 Å². The highest BCUT2D eigenvalue weighted by Gasteiger charge is 2.56. The summed E-state index contributed by atoms with van der Waals surface area (Å²) in [5, 5.41) is -1.72. The number of alkyl halides is 3. The fraction of sp³-hybridized carbons (Fsp3) is 0.600. The SMILES string of the molecule is CCc1cccc(C(=O)N2C[C@@H](C(F)(F)F)[C@H](S(=O)(=O)N(C)C)C2)n1. The maximum absolute atomic E-state index is 13.3. The van der Waals surface area contributed by atoms with E-state index in [2.05, 4.69) is 4.98 Å². The number of nitrogens with zero attached hydrogens (tertiary/aromatic N) is 3. The van der Waals surface area contributed by atoms with Crippen molar-refractivity contribution in [2.75, 3.05) is 27.2 Å². The van der Waals surface area contributed by atoms with Gasteiger partial charge in [-0.3, -0.25) is 4.79 Å². The van der Waals surface area contributed by atoms with Crippen molar-refractivity contribution in [2.45, 2.75) is 24.8 Å². The molecule has 2 heterocycles. The highest BCUT2D eigenvalue weighted by atomic mass is 32.2. The number of carbonyl (C=O) groups excluding carboxylic acids is 1. The molecule has 1 aromatic heterocycles. The second kappa shape index (κ2) is 6.91. The van der Waals surface area contributed by atoms with Gasteiger partial charge in [0.1, 0.15) is 10.9 Å². The molecule has 0 aromatic carbocycles. The van der Waals surface area contributed by atoms with Crippen molar-refractivity contribution in [1.82, 2.24) is 14.2 Å². The maximum Gasteiger partial charge on any atom is 0.394 e. The third kappa shape index (κ3) is 3.95. The zero-order valence-corrected chi connectivity index (χ0v) is 14.9. The second-order valence-electron chi connectivity index (χ2n) is 6.09. The van der Waals surface area contributed by atoms with Crippen LogP contribution in [0.25, 0.3) is 0 Å². The minimum Gasteiger partial charge on any atom is -0.335 e. The second-order valence-corrected chi connectivity index (χ2v) is 8.46. The minimum atomic E-state index is -4.72. The Morgan fingerprint density at radius 2 is 1.96 bits per heavy atom. The number of carbonyl (C=O) groups is 1. The van der Waals surface area contributed by atoms with Crippen molar-refractivity contribution in [2.24, 2.45) is 5.92 Å². The Kier molecular flexibility index (Phi) is 5.43. The number of rotatable bonds is 4. The molecule has 1 aromatic rings. The van der Waals surface area contributed by atoms with E-state index in [4.69, 9.17) is 0 Å². The molecule has 10 heteroatoms. The van der Waals surface area contributed by atoms with E-state index in [1.807, 2.05) is 6.92 Å². The monoisotopic (exact) mass is 379 g/mol. The summed E-state index contributed by atoms with van der Waals surface area (Å²) in [5.74, 6) is -2.82. The third-order valence-corrected chi connectivity index (χ3v) is 6.51. The Morgan fingerprint density at radius 1 is 1.32 bits per heavy atom. The lowest BCUT2D eigenvalue weighted by atomic mass is 10.1. The fourth-order valence-corrected chi connectivity index (χ4v) is 4.35. The van der Waals surface area contributed by atoms with Crippen molar-refractivity contribution in [3.05, 3.63) is 29.6 Å². The Balaban J connectivity index is 2.34. The van der Waals surface area contributed by atoms with Crippen molar-refractivity contribution >= 4 is 15.9 Å². The number of aromatic nitrogens is 1. The zero-order valence-electron chi connectivity index (χ0n) is 14.1. The molecule has 0 radical (unpaired) electrons. The molecule has 6 nitrogen and oxygen atoms in total. The Morgan fingerprint density at radius 3 is 2.48 bits per heavy atom. The van der Waals surface area contributed by atoms with E-state index in [1.165, 1.54) is 20.2 Å². The molecular formula is C15H20F3N3O3S. The van der Waals surface area contributed by atoms with Gasteiger partial charge in [-0.15, -0.1) is 0 Å². The van der Waals surface area contributed by atoms with E-state index in [0.717, 1.165) is 9.21 Å². The van der Waals surface area contributed by atoms with Crippen molar-refractivity contribution in [3.63, 3.8) is 0 Å². The largest absolute Gasteiger partial charge is 0.394 e. The quantitative estimate of drug-likeness (QED) is 0.796. The molecule has 1 fully saturated rings. The van der Waals surface area contributed by atoms with Gasteiger partial charge in [-0.05, 0) is 18.6 Å². The van der Waals surface area contributed by atoms with Crippen LogP contribution in [0.15, 0.2) is 18.2 Å². The smallest absolute Gasteiger partial charge is 0.335 e. The zero-order chi connectivity index (χ0) is 19.0. The predicted octanol–water partition coefficient (Wildman–Crippen LogP) is 1.54. The van der Waals surface area contributed by atoms with Gasteiger partial charge in [0.15, 0.2) is 0 Å². The van der Waals surface area contributed by atoms with Crippen molar-refractivity contribution < 1.29 is 26.4 Å². The number of sulfonamides is 1. The lowest BCUT2D eigenvalue weighted by Gasteiger charge is -2.23. The number of pyridine rings is 1. The molecule has 2 atom stereocenters. The minimum absolute atomic E-state index is 0.0168. The van der Waals surface area contributed by atoms with Gasteiger partial charge < -0.3 is 4.90 Å². The molecule has 1 amide bonds. The van der Waals surface area contributed by atoms with Crippen LogP contribution in [-0.4, -0.2) is 67.1 Å². The summed E-state index contributed by atoms with van der Waals surface area (Å²) in [6.45, 7) is 0.630. The summed E-state index contributed by atoms with van der Waals surface area (Å²) < 4.78 is 65.3.